The normalized spacial score (nSPS) is 12.0. The van der Waals surface area contributed by atoms with E-state index in [2.05, 4.69) is 16.2 Å². The van der Waals surface area contributed by atoms with Gasteiger partial charge in [0, 0.05) is 34.6 Å². The van der Waals surface area contributed by atoms with Crippen molar-refractivity contribution in [1.29, 1.82) is 5.26 Å². The molecule has 126 valence electrons. The first-order valence-corrected chi connectivity index (χ1v) is 8.35. The fourth-order valence-electron chi connectivity index (χ4n) is 3.06. The Bertz CT molecular complexity index is 1200. The van der Waals surface area contributed by atoms with Crippen molar-refractivity contribution in [2.75, 3.05) is 0 Å². The monoisotopic (exact) mass is 360 g/mol. The molecule has 0 bridgehead atoms. The highest BCUT2D eigenvalue weighted by molar-refractivity contribution is 6.30. The Morgan fingerprint density at radius 2 is 2.00 bits per heavy atom. The van der Waals surface area contributed by atoms with Crippen LogP contribution in [-0.4, -0.2) is 14.8 Å². The fourth-order valence-corrected chi connectivity index (χ4v) is 3.25. The molecule has 0 spiro atoms. The Labute approximate surface area is 154 Å². The summed E-state index contributed by atoms with van der Waals surface area (Å²) in [7, 11) is 0. The summed E-state index contributed by atoms with van der Waals surface area (Å²) >= 11 is 6.03. The van der Waals surface area contributed by atoms with Gasteiger partial charge in [-0.2, -0.15) is 5.26 Å². The molecule has 4 rings (SSSR count). The number of nitrogens with zero attached hydrogens (tertiary/aromatic N) is 3. The second-order valence-corrected chi connectivity index (χ2v) is 6.29. The van der Waals surface area contributed by atoms with Crippen LogP contribution in [0.25, 0.3) is 21.9 Å². The van der Waals surface area contributed by atoms with Gasteiger partial charge in [-0.3, -0.25) is 9.78 Å². The van der Waals surface area contributed by atoms with E-state index in [1.165, 1.54) is 4.68 Å². The summed E-state index contributed by atoms with van der Waals surface area (Å²) in [6.45, 7) is 0. The summed E-state index contributed by atoms with van der Waals surface area (Å²) in [5, 5.41) is 15.0. The Morgan fingerprint density at radius 3 is 2.81 bits per heavy atom. The highest BCUT2D eigenvalue weighted by atomic mass is 35.5. The zero-order valence-electron chi connectivity index (χ0n) is 13.6. The van der Waals surface area contributed by atoms with Gasteiger partial charge in [0.05, 0.1) is 11.6 Å². The van der Waals surface area contributed by atoms with Crippen LogP contribution in [-0.2, 0) is 0 Å². The van der Waals surface area contributed by atoms with E-state index in [0.717, 1.165) is 10.8 Å². The van der Waals surface area contributed by atoms with E-state index in [-0.39, 0.29) is 5.56 Å². The van der Waals surface area contributed by atoms with E-state index in [1.54, 1.807) is 36.8 Å². The number of hydrogen-bond acceptors (Lipinski definition) is 3. The Hall–Kier alpha value is -3.36. The fraction of sp³-hybridized carbons (Fsp3) is 0.0500. The zero-order valence-corrected chi connectivity index (χ0v) is 14.3. The molecule has 1 unspecified atom stereocenters. The van der Waals surface area contributed by atoms with E-state index in [4.69, 9.17) is 11.6 Å². The van der Waals surface area contributed by atoms with E-state index < -0.39 is 6.04 Å². The highest BCUT2D eigenvalue weighted by Gasteiger charge is 2.20. The van der Waals surface area contributed by atoms with Crippen LogP contribution < -0.4 is 5.56 Å². The van der Waals surface area contributed by atoms with Gasteiger partial charge in [0.25, 0.3) is 5.56 Å². The minimum Gasteiger partial charge on any atom is -0.301 e. The van der Waals surface area contributed by atoms with Gasteiger partial charge in [-0.1, -0.05) is 48.0 Å². The predicted octanol–water partition coefficient (Wildman–Crippen LogP) is 4.16. The molecule has 26 heavy (non-hydrogen) atoms. The minimum absolute atomic E-state index is 0.285. The lowest BCUT2D eigenvalue weighted by Gasteiger charge is -2.12. The number of benzene rings is 2. The number of H-pyrrole nitrogens is 1. The van der Waals surface area contributed by atoms with E-state index in [0.29, 0.717) is 21.7 Å². The Morgan fingerprint density at radius 1 is 1.15 bits per heavy atom. The molecule has 0 aliphatic rings. The van der Waals surface area contributed by atoms with Gasteiger partial charge in [0.15, 0.2) is 6.04 Å². The van der Waals surface area contributed by atoms with Crippen molar-refractivity contribution in [2.24, 2.45) is 0 Å². The zero-order chi connectivity index (χ0) is 18.1. The first-order chi connectivity index (χ1) is 12.7. The first-order valence-electron chi connectivity index (χ1n) is 7.97. The molecule has 0 radical (unpaired) electrons. The third kappa shape index (κ3) is 2.67. The van der Waals surface area contributed by atoms with Crippen molar-refractivity contribution in [1.82, 2.24) is 14.8 Å². The quantitative estimate of drug-likeness (QED) is 0.596. The molecular formula is C20H13ClN4O. The molecule has 0 aliphatic carbocycles. The molecule has 5 nitrogen and oxygen atoms in total. The summed E-state index contributed by atoms with van der Waals surface area (Å²) in [4.78, 5) is 17.1. The molecule has 0 saturated carbocycles. The summed E-state index contributed by atoms with van der Waals surface area (Å²) < 4.78 is 1.32. The third-order valence-corrected chi connectivity index (χ3v) is 4.54. The van der Waals surface area contributed by atoms with Crippen molar-refractivity contribution in [3.05, 3.63) is 88.1 Å². The van der Waals surface area contributed by atoms with E-state index >= 15 is 0 Å². The van der Waals surface area contributed by atoms with Gasteiger partial charge < -0.3 is 5.10 Å². The Balaban J connectivity index is 1.86. The summed E-state index contributed by atoms with van der Waals surface area (Å²) in [5.41, 5.74) is 1.55. The van der Waals surface area contributed by atoms with Crippen molar-refractivity contribution >= 4 is 22.4 Å². The average molecular weight is 361 g/mol. The molecule has 0 fully saturated rings. The van der Waals surface area contributed by atoms with E-state index in [9.17, 15) is 10.1 Å². The van der Waals surface area contributed by atoms with Gasteiger partial charge in [-0.25, -0.2) is 4.68 Å². The average Bonchev–Trinajstić information content (AvgIpc) is 3.04. The second-order valence-electron chi connectivity index (χ2n) is 5.85. The lowest BCUT2D eigenvalue weighted by Crippen LogP contribution is -2.23. The number of halogens is 1. The summed E-state index contributed by atoms with van der Waals surface area (Å²) in [5.74, 6) is 0. The van der Waals surface area contributed by atoms with Crippen LogP contribution in [0.2, 0.25) is 5.02 Å². The smallest absolute Gasteiger partial charge is 0.275 e. The first kappa shape index (κ1) is 16.1. The lowest BCUT2D eigenvalue weighted by molar-refractivity contribution is 0.604. The van der Waals surface area contributed by atoms with Gasteiger partial charge in [-0.05, 0) is 23.1 Å². The van der Waals surface area contributed by atoms with E-state index in [1.807, 2.05) is 30.3 Å². The maximum absolute atomic E-state index is 12.9. The summed E-state index contributed by atoms with van der Waals surface area (Å²) in [6.07, 6.45) is 4.96. The van der Waals surface area contributed by atoms with Crippen LogP contribution in [0.1, 0.15) is 11.6 Å². The molecule has 1 atom stereocenters. The van der Waals surface area contributed by atoms with Crippen LogP contribution in [0.5, 0.6) is 0 Å². The van der Waals surface area contributed by atoms with Crippen molar-refractivity contribution < 1.29 is 0 Å². The molecule has 6 heteroatoms. The molecule has 0 saturated heterocycles. The standard InChI is InChI=1S/C20H13ClN4O/c21-15-6-3-5-13(8-15)17-12-24-25(20(17)26)19(9-22)18-11-23-10-14-4-1-2-7-16(14)18/h1-8,10-12,19,24H. The number of aromatic amines is 1. The molecule has 1 N–H and O–H groups in total. The number of rotatable bonds is 3. The molecule has 0 aliphatic heterocycles. The van der Waals surface area contributed by atoms with Gasteiger partial charge >= 0.3 is 0 Å². The minimum atomic E-state index is -0.811. The van der Waals surface area contributed by atoms with Crippen LogP contribution in [0.15, 0.2) is 71.9 Å². The number of aromatic nitrogens is 3. The number of fused-ring (bicyclic) bond motifs is 1. The maximum Gasteiger partial charge on any atom is 0.275 e. The number of pyridine rings is 1. The van der Waals surface area contributed by atoms with Gasteiger partial charge in [0.1, 0.15) is 0 Å². The highest BCUT2D eigenvalue weighted by Crippen LogP contribution is 2.26. The number of nitriles is 1. The lowest BCUT2D eigenvalue weighted by atomic mass is 10.0. The second kappa shape index (κ2) is 6.51. The Kier molecular flexibility index (Phi) is 4.04. The third-order valence-electron chi connectivity index (χ3n) is 4.31. The molecule has 0 amide bonds. The largest absolute Gasteiger partial charge is 0.301 e. The number of nitrogens with one attached hydrogen (secondary N) is 1. The SMILES string of the molecule is N#CC(c1cncc2ccccc12)n1[nH]cc(-c2cccc(Cl)c2)c1=O. The van der Waals surface area contributed by atoms with Gasteiger partial charge in [0.2, 0.25) is 0 Å². The maximum atomic E-state index is 12.9. The van der Waals surface area contributed by atoms with Crippen molar-refractivity contribution in [3.8, 4) is 17.2 Å². The van der Waals surface area contributed by atoms with Crippen LogP contribution >= 0.6 is 11.6 Å². The van der Waals surface area contributed by atoms with Crippen LogP contribution in [0.3, 0.4) is 0 Å². The number of hydrogen-bond donors (Lipinski definition) is 1. The predicted molar refractivity (Wildman–Crippen MR) is 101 cm³/mol. The molecule has 2 aromatic heterocycles. The molecular weight excluding hydrogens is 348 g/mol. The summed E-state index contributed by atoms with van der Waals surface area (Å²) in [6, 6.07) is 16.1. The molecule has 2 heterocycles. The topological polar surface area (TPSA) is 74.5 Å². The molecule has 4 aromatic rings. The van der Waals surface area contributed by atoms with Crippen LogP contribution in [0, 0.1) is 11.3 Å². The van der Waals surface area contributed by atoms with Crippen molar-refractivity contribution in [2.45, 2.75) is 6.04 Å². The molecule has 2 aromatic carbocycles. The van der Waals surface area contributed by atoms with Crippen LogP contribution in [0.4, 0.5) is 0 Å². The van der Waals surface area contributed by atoms with Gasteiger partial charge in [-0.15, -0.1) is 0 Å². The van der Waals surface area contributed by atoms with Crippen molar-refractivity contribution in [3.63, 3.8) is 0 Å².